The van der Waals surface area contributed by atoms with Gasteiger partial charge in [0.1, 0.15) is 30.5 Å². The van der Waals surface area contributed by atoms with E-state index >= 15 is 0 Å². The van der Waals surface area contributed by atoms with Crippen molar-refractivity contribution in [2.24, 2.45) is 5.92 Å². The van der Waals surface area contributed by atoms with Gasteiger partial charge >= 0.3 is 5.97 Å². The minimum atomic E-state index is -1.67. The van der Waals surface area contributed by atoms with Crippen LogP contribution in [-0.2, 0) is 28.5 Å². The first-order valence-corrected chi connectivity index (χ1v) is 11.6. The molecule has 1 heterocycles. The number of aliphatic hydroxyl groups excluding tert-OH is 4. The lowest BCUT2D eigenvalue weighted by Gasteiger charge is -2.38. The van der Waals surface area contributed by atoms with Crippen molar-refractivity contribution in [2.75, 3.05) is 13.2 Å². The molecule has 0 aromatic rings. The van der Waals surface area contributed by atoms with Gasteiger partial charge in [0, 0.05) is 6.92 Å². The third-order valence-corrected chi connectivity index (χ3v) is 5.47. The summed E-state index contributed by atoms with van der Waals surface area (Å²) in [4.78, 5) is 23.9. The molecule has 1 amide bonds. The summed E-state index contributed by atoms with van der Waals surface area (Å²) in [6, 6.07) is -1.15. The average Bonchev–Trinajstić information content (AvgIpc) is 2.85. The highest BCUT2D eigenvalue weighted by Gasteiger charge is 2.48. The van der Waals surface area contributed by atoms with Crippen LogP contribution in [0.15, 0.2) is 12.2 Å². The molecule has 1 rings (SSSR count). The number of nitrogens with one attached hydrogen (secondary N) is 1. The fourth-order valence-electron chi connectivity index (χ4n) is 3.78. The van der Waals surface area contributed by atoms with E-state index in [4.69, 9.17) is 18.9 Å². The standard InChI is InChI=1S/C23H41NO11/c1-10(2)19-17(28)18(29)20(13(6)21(34-19)22(30)31)35-23(33-12(5)8-25)16(24-14(7)27)15(9-26)32-11(3)4/h10-12,15-21,23,25-26,28-29H,6,8-9H2,1-5,7H3,(H,24,27)(H,30,31)/t12?,15?,16?,17?,18?,19-,20-,21?,23-/m1/s1. The van der Waals surface area contributed by atoms with E-state index in [0.29, 0.717) is 0 Å². The van der Waals surface area contributed by atoms with Crippen LogP contribution >= 0.6 is 0 Å². The summed E-state index contributed by atoms with van der Waals surface area (Å²) in [5.74, 6) is -2.27. The van der Waals surface area contributed by atoms with Gasteiger partial charge in [-0.25, -0.2) is 4.79 Å². The molecule has 1 saturated heterocycles. The number of ether oxygens (including phenoxy) is 4. The molecule has 12 heteroatoms. The van der Waals surface area contributed by atoms with E-state index in [2.05, 4.69) is 11.9 Å². The van der Waals surface area contributed by atoms with Crippen molar-refractivity contribution in [2.45, 2.75) is 103 Å². The molecule has 12 nitrogen and oxygen atoms in total. The molecular formula is C23H41NO11. The minimum Gasteiger partial charge on any atom is -0.479 e. The zero-order valence-corrected chi connectivity index (χ0v) is 21.2. The van der Waals surface area contributed by atoms with Crippen LogP contribution in [0, 0.1) is 5.92 Å². The zero-order chi connectivity index (χ0) is 27.0. The molecule has 0 aromatic heterocycles. The van der Waals surface area contributed by atoms with Crippen molar-refractivity contribution in [1.29, 1.82) is 0 Å². The van der Waals surface area contributed by atoms with E-state index in [-0.39, 0.29) is 17.6 Å². The van der Waals surface area contributed by atoms with Crippen LogP contribution in [0.25, 0.3) is 0 Å². The number of amides is 1. The third-order valence-electron chi connectivity index (χ3n) is 5.47. The second-order valence-corrected chi connectivity index (χ2v) is 9.31. The van der Waals surface area contributed by atoms with Crippen LogP contribution in [0.2, 0.25) is 0 Å². The van der Waals surface area contributed by atoms with Gasteiger partial charge in [0.2, 0.25) is 5.91 Å². The lowest BCUT2D eigenvalue weighted by Crippen LogP contribution is -2.58. The van der Waals surface area contributed by atoms with Gasteiger partial charge in [-0.05, 0) is 32.3 Å². The van der Waals surface area contributed by atoms with Crippen LogP contribution in [0.5, 0.6) is 0 Å². The van der Waals surface area contributed by atoms with Crippen LogP contribution in [0.4, 0.5) is 0 Å². The minimum absolute atomic E-state index is 0.190. The van der Waals surface area contributed by atoms with Gasteiger partial charge in [0.25, 0.3) is 0 Å². The molecule has 1 aliphatic rings. The number of carbonyl (C=O) groups excluding carboxylic acids is 1. The third kappa shape index (κ3) is 8.76. The molecule has 0 spiro atoms. The average molecular weight is 508 g/mol. The zero-order valence-electron chi connectivity index (χ0n) is 21.2. The summed E-state index contributed by atoms with van der Waals surface area (Å²) in [7, 11) is 0. The maximum atomic E-state index is 12.0. The topological polar surface area (TPSA) is 184 Å². The Kier molecular flexibility index (Phi) is 12.7. The highest BCUT2D eigenvalue weighted by atomic mass is 16.7. The quantitative estimate of drug-likeness (QED) is 0.135. The molecule has 35 heavy (non-hydrogen) atoms. The van der Waals surface area contributed by atoms with Crippen molar-refractivity contribution in [3.8, 4) is 0 Å². The Bertz CT molecular complexity index is 701. The van der Waals surface area contributed by atoms with Gasteiger partial charge in [-0.3, -0.25) is 4.79 Å². The van der Waals surface area contributed by atoms with Gasteiger partial charge in [0.05, 0.1) is 31.5 Å². The summed E-state index contributed by atoms with van der Waals surface area (Å²) in [5.41, 5.74) is -0.190. The number of aliphatic hydroxyl groups is 4. The Morgan fingerprint density at radius 1 is 1.06 bits per heavy atom. The summed E-state index contributed by atoms with van der Waals surface area (Å²) < 4.78 is 23.1. The van der Waals surface area contributed by atoms with E-state index in [1.54, 1.807) is 27.7 Å². The first-order chi connectivity index (χ1) is 16.2. The molecule has 0 saturated carbocycles. The van der Waals surface area contributed by atoms with Crippen LogP contribution in [0.1, 0.15) is 41.5 Å². The molecule has 0 aliphatic carbocycles. The largest absolute Gasteiger partial charge is 0.479 e. The lowest BCUT2D eigenvalue weighted by atomic mass is 9.93. The Labute approximate surface area is 205 Å². The second-order valence-electron chi connectivity index (χ2n) is 9.31. The smallest absolute Gasteiger partial charge is 0.337 e. The van der Waals surface area contributed by atoms with Gasteiger partial charge in [-0.15, -0.1) is 0 Å². The van der Waals surface area contributed by atoms with Gasteiger partial charge < -0.3 is 49.8 Å². The Morgan fingerprint density at radius 2 is 1.66 bits per heavy atom. The maximum absolute atomic E-state index is 12.0. The Balaban J connectivity index is 3.50. The second kappa shape index (κ2) is 14.2. The SMILES string of the molecule is C=C1C(C(=O)O)O[C@H](C(C)C)C(O)C(O)[C@@H]1O[C@@H](OC(C)CO)C(NC(C)=O)C(CO)OC(C)C. The summed E-state index contributed by atoms with van der Waals surface area (Å²) in [5, 5.41) is 53.6. The molecule has 0 aromatic carbocycles. The molecule has 1 aliphatic heterocycles. The molecule has 0 radical (unpaired) electrons. The van der Waals surface area contributed by atoms with E-state index < -0.39 is 80.1 Å². The number of hydrogen-bond acceptors (Lipinski definition) is 10. The number of carboxylic acid groups (broad SMARTS) is 1. The first-order valence-electron chi connectivity index (χ1n) is 11.6. The van der Waals surface area contributed by atoms with Crippen molar-refractivity contribution in [1.82, 2.24) is 5.32 Å². The predicted molar refractivity (Wildman–Crippen MR) is 123 cm³/mol. The number of hydrogen-bond donors (Lipinski definition) is 6. The van der Waals surface area contributed by atoms with E-state index in [1.165, 1.54) is 13.8 Å². The summed E-state index contributed by atoms with van der Waals surface area (Å²) in [6.07, 6.45) is -11.1. The van der Waals surface area contributed by atoms with Crippen LogP contribution in [-0.4, -0.2) is 112 Å². The Hall–Kier alpha value is -1.64. The number of carboxylic acids is 1. The summed E-state index contributed by atoms with van der Waals surface area (Å²) >= 11 is 0. The monoisotopic (exact) mass is 507 g/mol. The molecule has 204 valence electrons. The summed E-state index contributed by atoms with van der Waals surface area (Å²) in [6.45, 7) is 12.3. The molecular weight excluding hydrogens is 466 g/mol. The number of rotatable bonds is 13. The molecule has 6 N–H and O–H groups in total. The van der Waals surface area contributed by atoms with Crippen LogP contribution in [0.3, 0.4) is 0 Å². The highest BCUT2D eigenvalue weighted by Crippen LogP contribution is 2.31. The number of aliphatic carboxylic acids is 1. The van der Waals surface area contributed by atoms with Crippen LogP contribution < -0.4 is 5.32 Å². The van der Waals surface area contributed by atoms with E-state index in [1.807, 2.05) is 0 Å². The van der Waals surface area contributed by atoms with E-state index in [9.17, 15) is 35.1 Å². The fraction of sp³-hybridized carbons (Fsp3) is 0.826. The van der Waals surface area contributed by atoms with Crippen molar-refractivity contribution in [3.63, 3.8) is 0 Å². The fourth-order valence-corrected chi connectivity index (χ4v) is 3.78. The highest BCUT2D eigenvalue weighted by molar-refractivity contribution is 5.76. The van der Waals surface area contributed by atoms with Crippen molar-refractivity contribution >= 4 is 11.9 Å². The van der Waals surface area contributed by atoms with Gasteiger partial charge in [0.15, 0.2) is 12.4 Å². The molecule has 0 bridgehead atoms. The maximum Gasteiger partial charge on any atom is 0.337 e. The van der Waals surface area contributed by atoms with Gasteiger partial charge in [-0.2, -0.15) is 0 Å². The first kappa shape index (κ1) is 31.4. The normalized spacial score (nSPS) is 28.9. The predicted octanol–water partition coefficient (Wildman–Crippen LogP) is -0.828. The molecule has 6 unspecified atom stereocenters. The molecule has 1 fully saturated rings. The Morgan fingerprint density at radius 3 is 2.09 bits per heavy atom. The molecule has 9 atom stereocenters. The van der Waals surface area contributed by atoms with Crippen molar-refractivity contribution in [3.05, 3.63) is 12.2 Å². The van der Waals surface area contributed by atoms with E-state index in [0.717, 1.165) is 0 Å². The lowest BCUT2D eigenvalue weighted by molar-refractivity contribution is -0.240. The number of carbonyl (C=O) groups is 2. The van der Waals surface area contributed by atoms with Crippen molar-refractivity contribution < 1.29 is 54.1 Å². The van der Waals surface area contributed by atoms with Gasteiger partial charge in [-0.1, -0.05) is 20.4 Å².